The van der Waals surface area contributed by atoms with Gasteiger partial charge in [-0.05, 0) is 12.0 Å². The number of hydrogen-bond acceptors (Lipinski definition) is 3. The van der Waals surface area contributed by atoms with Gasteiger partial charge in [-0.15, -0.1) is 0 Å². The molecule has 1 N–H and O–H groups in total. The van der Waals surface area contributed by atoms with E-state index in [2.05, 4.69) is 10.1 Å². The molecule has 0 saturated carbocycles. The second kappa shape index (κ2) is 3.92. The normalized spacial score (nSPS) is 13.2. The number of hydrogen-bond donors (Lipinski definition) is 1. The van der Waals surface area contributed by atoms with Crippen LogP contribution < -0.4 is 0 Å². The van der Waals surface area contributed by atoms with E-state index >= 15 is 0 Å². The zero-order chi connectivity index (χ0) is 11.7. The molecule has 16 heavy (non-hydrogen) atoms. The van der Waals surface area contributed by atoms with Crippen LogP contribution in [0.15, 0.2) is 24.7 Å². The van der Waals surface area contributed by atoms with E-state index in [0.29, 0.717) is 11.2 Å². The Hall–Kier alpha value is -1.91. The number of carboxylic acids is 1. The maximum atomic E-state index is 11.2. The summed E-state index contributed by atoms with van der Waals surface area (Å²) in [6.07, 6.45) is 4.98. The van der Waals surface area contributed by atoms with Crippen molar-refractivity contribution >= 4 is 11.6 Å². The van der Waals surface area contributed by atoms with Gasteiger partial charge in [-0.3, -0.25) is 4.79 Å². The van der Waals surface area contributed by atoms with Crippen LogP contribution in [-0.4, -0.2) is 25.7 Å². The van der Waals surface area contributed by atoms with Crippen molar-refractivity contribution in [2.24, 2.45) is 5.92 Å². The first-order valence-electron chi connectivity index (χ1n) is 5.12. The van der Waals surface area contributed by atoms with Gasteiger partial charge < -0.3 is 5.11 Å². The molecule has 84 valence electrons. The molecule has 0 aliphatic rings. The Bertz CT molecular complexity index is 519. The van der Waals surface area contributed by atoms with Gasteiger partial charge in [0.15, 0.2) is 5.65 Å². The molecule has 0 aliphatic heterocycles. The summed E-state index contributed by atoms with van der Waals surface area (Å²) in [7, 11) is 0. The third-order valence-corrected chi connectivity index (χ3v) is 2.57. The van der Waals surface area contributed by atoms with Crippen molar-refractivity contribution in [2.45, 2.75) is 19.8 Å². The number of carboxylic acid groups (broad SMARTS) is 1. The molecule has 2 aromatic rings. The van der Waals surface area contributed by atoms with E-state index in [1.54, 1.807) is 29.2 Å². The summed E-state index contributed by atoms with van der Waals surface area (Å²) in [5, 5.41) is 13.3. The first-order valence-corrected chi connectivity index (χ1v) is 5.12. The van der Waals surface area contributed by atoms with Crippen molar-refractivity contribution in [3.8, 4) is 0 Å². The van der Waals surface area contributed by atoms with Gasteiger partial charge in [0.05, 0.1) is 12.1 Å². The van der Waals surface area contributed by atoms with Crippen LogP contribution >= 0.6 is 0 Å². The molecule has 5 heteroatoms. The Labute approximate surface area is 92.7 Å². The highest BCUT2D eigenvalue weighted by molar-refractivity contribution is 5.79. The van der Waals surface area contributed by atoms with E-state index in [1.165, 1.54) is 0 Å². The molecule has 1 atom stereocenters. The van der Waals surface area contributed by atoms with E-state index in [0.717, 1.165) is 0 Å². The van der Waals surface area contributed by atoms with Crippen LogP contribution in [0.3, 0.4) is 0 Å². The lowest BCUT2D eigenvalue weighted by atomic mass is 9.90. The topological polar surface area (TPSA) is 67.5 Å². The molecular weight excluding hydrogens is 206 g/mol. The van der Waals surface area contributed by atoms with Crippen molar-refractivity contribution < 1.29 is 9.90 Å². The minimum absolute atomic E-state index is 0.00695. The molecule has 0 spiro atoms. The van der Waals surface area contributed by atoms with Crippen molar-refractivity contribution in [3.63, 3.8) is 0 Å². The number of rotatable bonds is 3. The highest BCUT2D eigenvalue weighted by atomic mass is 16.4. The molecule has 0 saturated heterocycles. The zero-order valence-corrected chi connectivity index (χ0v) is 9.16. The molecule has 0 aliphatic carbocycles. The summed E-state index contributed by atoms with van der Waals surface area (Å²) in [5.74, 6) is -1.39. The van der Waals surface area contributed by atoms with Crippen LogP contribution in [0.4, 0.5) is 0 Å². The Kier molecular flexibility index (Phi) is 2.60. The number of fused-ring (bicyclic) bond motifs is 1. The predicted molar refractivity (Wildman–Crippen MR) is 58.2 cm³/mol. The number of aliphatic carboxylic acids is 1. The fourth-order valence-corrected chi connectivity index (χ4v) is 1.84. The van der Waals surface area contributed by atoms with Crippen LogP contribution in [0.25, 0.3) is 5.65 Å². The summed E-state index contributed by atoms with van der Waals surface area (Å²) < 4.78 is 1.59. The lowest BCUT2D eigenvalue weighted by Crippen LogP contribution is -2.17. The smallest absolute Gasteiger partial charge is 0.311 e. The van der Waals surface area contributed by atoms with Gasteiger partial charge >= 0.3 is 5.97 Å². The van der Waals surface area contributed by atoms with Gasteiger partial charge in [0.1, 0.15) is 0 Å². The molecule has 0 bridgehead atoms. The van der Waals surface area contributed by atoms with Gasteiger partial charge in [-0.2, -0.15) is 5.10 Å². The third kappa shape index (κ3) is 1.64. The summed E-state index contributed by atoms with van der Waals surface area (Å²) in [4.78, 5) is 15.4. The number of carbonyl (C=O) groups is 1. The lowest BCUT2D eigenvalue weighted by Gasteiger charge is -2.14. The largest absolute Gasteiger partial charge is 0.481 e. The molecule has 0 radical (unpaired) electrons. The maximum absolute atomic E-state index is 11.2. The second-order valence-corrected chi connectivity index (χ2v) is 4.05. The average molecular weight is 219 g/mol. The van der Waals surface area contributed by atoms with Crippen molar-refractivity contribution in [3.05, 3.63) is 30.2 Å². The Morgan fingerprint density at radius 2 is 2.25 bits per heavy atom. The van der Waals surface area contributed by atoms with Gasteiger partial charge in [-0.25, -0.2) is 9.50 Å². The van der Waals surface area contributed by atoms with Crippen LogP contribution in [0.1, 0.15) is 25.3 Å². The molecule has 1 unspecified atom stereocenters. The van der Waals surface area contributed by atoms with Crippen LogP contribution in [0.5, 0.6) is 0 Å². The second-order valence-electron chi connectivity index (χ2n) is 4.05. The first-order chi connectivity index (χ1) is 7.61. The monoisotopic (exact) mass is 219 g/mol. The first kappa shape index (κ1) is 10.6. The number of nitrogens with zero attached hydrogens (tertiary/aromatic N) is 3. The molecule has 2 heterocycles. The van der Waals surface area contributed by atoms with E-state index in [4.69, 9.17) is 0 Å². The van der Waals surface area contributed by atoms with Crippen molar-refractivity contribution in [2.75, 3.05) is 0 Å². The highest BCUT2D eigenvalue weighted by Crippen LogP contribution is 2.26. The van der Waals surface area contributed by atoms with Gasteiger partial charge in [-0.1, -0.05) is 13.8 Å². The SMILES string of the molecule is CC(C)C(C(=O)O)c1cnn2cccnc12. The third-order valence-electron chi connectivity index (χ3n) is 2.57. The molecule has 2 rings (SSSR count). The van der Waals surface area contributed by atoms with Crippen LogP contribution in [0, 0.1) is 5.92 Å². The molecule has 5 nitrogen and oxygen atoms in total. The summed E-state index contributed by atoms with van der Waals surface area (Å²) in [5.41, 5.74) is 1.28. The van der Waals surface area contributed by atoms with Crippen LogP contribution in [0.2, 0.25) is 0 Å². The Morgan fingerprint density at radius 1 is 1.50 bits per heavy atom. The fourth-order valence-electron chi connectivity index (χ4n) is 1.84. The van der Waals surface area contributed by atoms with Crippen molar-refractivity contribution in [1.82, 2.24) is 14.6 Å². The molecule has 0 aromatic carbocycles. The van der Waals surface area contributed by atoms with Crippen molar-refractivity contribution in [1.29, 1.82) is 0 Å². The maximum Gasteiger partial charge on any atom is 0.311 e. The minimum atomic E-state index is -0.837. The molecule has 0 fully saturated rings. The molecule has 2 aromatic heterocycles. The summed E-state index contributed by atoms with van der Waals surface area (Å²) in [6.45, 7) is 3.76. The standard InChI is InChI=1S/C11H13N3O2/c1-7(2)9(11(15)16)8-6-13-14-5-3-4-12-10(8)14/h3-7,9H,1-2H3,(H,15,16). The van der Waals surface area contributed by atoms with E-state index in [9.17, 15) is 9.90 Å². The highest BCUT2D eigenvalue weighted by Gasteiger charge is 2.27. The van der Waals surface area contributed by atoms with Gasteiger partial charge in [0.2, 0.25) is 0 Å². The average Bonchev–Trinajstić information content (AvgIpc) is 2.61. The van der Waals surface area contributed by atoms with E-state index in [-0.39, 0.29) is 5.92 Å². The van der Waals surface area contributed by atoms with E-state index < -0.39 is 11.9 Å². The van der Waals surface area contributed by atoms with Crippen LogP contribution in [-0.2, 0) is 4.79 Å². The van der Waals surface area contributed by atoms with E-state index in [1.807, 2.05) is 13.8 Å². The minimum Gasteiger partial charge on any atom is -0.481 e. The molecule has 0 amide bonds. The lowest BCUT2D eigenvalue weighted by molar-refractivity contribution is -0.139. The zero-order valence-electron chi connectivity index (χ0n) is 9.16. The fraction of sp³-hybridized carbons (Fsp3) is 0.364. The molecular formula is C11H13N3O2. The Balaban J connectivity index is 2.57. The Morgan fingerprint density at radius 3 is 2.88 bits per heavy atom. The summed E-state index contributed by atoms with van der Waals surface area (Å²) in [6, 6.07) is 1.76. The predicted octanol–water partition coefficient (Wildman–Crippen LogP) is 1.55. The van der Waals surface area contributed by atoms with Gasteiger partial charge in [0.25, 0.3) is 0 Å². The summed E-state index contributed by atoms with van der Waals surface area (Å²) >= 11 is 0. The van der Waals surface area contributed by atoms with Gasteiger partial charge in [0, 0.05) is 18.0 Å². The quantitative estimate of drug-likeness (QED) is 0.850. The number of aromatic nitrogens is 3.